The van der Waals surface area contributed by atoms with Crippen LogP contribution in [0.25, 0.3) is 0 Å². The molecule has 1 amide bonds. The fourth-order valence-electron chi connectivity index (χ4n) is 2.78. The van der Waals surface area contributed by atoms with E-state index in [1.165, 1.54) is 19.1 Å². The number of rotatable bonds is 8. The van der Waals surface area contributed by atoms with Crippen molar-refractivity contribution in [2.75, 3.05) is 22.5 Å². The van der Waals surface area contributed by atoms with Crippen molar-refractivity contribution in [2.24, 2.45) is 0 Å². The number of aryl methyl sites for hydroxylation is 1. The van der Waals surface area contributed by atoms with E-state index < -0.39 is 26.9 Å². The average molecular weight is 421 g/mol. The molecule has 1 atom stereocenters. The second-order valence-corrected chi connectivity index (χ2v) is 8.27. The highest BCUT2D eigenvalue weighted by atomic mass is 32.2. The number of benzene rings is 2. The molecule has 2 aromatic carbocycles. The number of carbonyl (C=O) groups is 1. The predicted molar refractivity (Wildman–Crippen MR) is 111 cm³/mol. The number of sulfonamides is 1. The number of nitro groups is 1. The van der Waals surface area contributed by atoms with E-state index in [-0.39, 0.29) is 11.4 Å². The van der Waals surface area contributed by atoms with Crippen molar-refractivity contribution in [1.82, 2.24) is 0 Å². The van der Waals surface area contributed by atoms with Crippen molar-refractivity contribution >= 4 is 33.0 Å². The van der Waals surface area contributed by atoms with Gasteiger partial charge in [-0.2, -0.15) is 0 Å². The van der Waals surface area contributed by atoms with Crippen molar-refractivity contribution in [3.05, 3.63) is 58.1 Å². The van der Waals surface area contributed by atoms with Gasteiger partial charge in [0.1, 0.15) is 11.8 Å². The summed E-state index contributed by atoms with van der Waals surface area (Å²) in [7, 11) is -3.90. The van der Waals surface area contributed by atoms with Gasteiger partial charge in [0.2, 0.25) is 15.9 Å². The molecule has 0 heterocycles. The molecule has 0 aromatic heterocycles. The van der Waals surface area contributed by atoms with Gasteiger partial charge in [-0.1, -0.05) is 6.07 Å². The molecule has 1 N–H and O–H groups in total. The van der Waals surface area contributed by atoms with Crippen molar-refractivity contribution in [1.29, 1.82) is 0 Å². The van der Waals surface area contributed by atoms with Crippen LogP contribution < -0.4 is 14.4 Å². The number of nitrogens with zero attached hydrogens (tertiary/aromatic N) is 2. The highest BCUT2D eigenvalue weighted by molar-refractivity contribution is 7.92. The number of anilines is 2. The molecule has 0 unspecified atom stereocenters. The first kappa shape index (κ1) is 22.2. The Morgan fingerprint density at radius 2 is 1.86 bits per heavy atom. The van der Waals surface area contributed by atoms with Gasteiger partial charge in [-0.3, -0.25) is 19.2 Å². The lowest BCUT2D eigenvalue weighted by Gasteiger charge is -2.29. The topological polar surface area (TPSA) is 119 Å². The lowest BCUT2D eigenvalue weighted by atomic mass is 10.1. The molecule has 9 nitrogen and oxygen atoms in total. The molecule has 29 heavy (non-hydrogen) atoms. The fourth-order valence-corrected chi connectivity index (χ4v) is 4.00. The Labute approximate surface area is 169 Å². The van der Waals surface area contributed by atoms with Crippen LogP contribution in [0.5, 0.6) is 5.75 Å². The van der Waals surface area contributed by atoms with Gasteiger partial charge in [-0.25, -0.2) is 8.42 Å². The third kappa shape index (κ3) is 5.44. The minimum Gasteiger partial charge on any atom is -0.494 e. The molecule has 0 radical (unpaired) electrons. The summed E-state index contributed by atoms with van der Waals surface area (Å²) < 4.78 is 31.1. The number of nitrogens with one attached hydrogen (secondary N) is 1. The summed E-state index contributed by atoms with van der Waals surface area (Å²) in [6.45, 7) is 5.40. The molecule has 2 rings (SSSR count). The molecule has 0 bridgehead atoms. The number of ether oxygens (including phenoxy) is 1. The summed E-state index contributed by atoms with van der Waals surface area (Å²) in [6, 6.07) is 9.38. The third-order valence-corrected chi connectivity index (χ3v) is 5.39. The van der Waals surface area contributed by atoms with Gasteiger partial charge in [-0.05, 0) is 50.6 Å². The lowest BCUT2D eigenvalue weighted by molar-refractivity contribution is -0.384. The molecule has 156 valence electrons. The molecular formula is C19H23N3O6S. The van der Waals surface area contributed by atoms with Crippen molar-refractivity contribution in [3.8, 4) is 5.75 Å². The smallest absolute Gasteiger partial charge is 0.271 e. The second-order valence-electron chi connectivity index (χ2n) is 6.41. The van der Waals surface area contributed by atoms with Gasteiger partial charge in [0.05, 0.1) is 23.5 Å². The molecule has 0 fully saturated rings. The highest BCUT2D eigenvalue weighted by Crippen LogP contribution is 2.29. The number of hydrogen-bond acceptors (Lipinski definition) is 6. The summed E-state index contributed by atoms with van der Waals surface area (Å²) in [4.78, 5) is 23.2. The van der Waals surface area contributed by atoms with Crippen LogP contribution in [-0.2, 0) is 14.8 Å². The molecule has 2 aromatic rings. The zero-order chi connectivity index (χ0) is 21.8. The monoisotopic (exact) mass is 421 g/mol. The van der Waals surface area contributed by atoms with E-state index in [4.69, 9.17) is 4.74 Å². The third-order valence-electron chi connectivity index (χ3n) is 4.16. The van der Waals surface area contributed by atoms with E-state index in [0.717, 1.165) is 16.6 Å². The molecule has 0 saturated heterocycles. The van der Waals surface area contributed by atoms with Gasteiger partial charge in [-0.15, -0.1) is 0 Å². The second kappa shape index (κ2) is 8.91. The number of hydrogen-bond donors (Lipinski definition) is 1. The van der Waals surface area contributed by atoms with Gasteiger partial charge in [0.25, 0.3) is 5.69 Å². The Morgan fingerprint density at radius 1 is 1.24 bits per heavy atom. The molecule has 0 aliphatic heterocycles. The Bertz CT molecular complexity index is 1010. The van der Waals surface area contributed by atoms with Crippen LogP contribution in [0.1, 0.15) is 19.4 Å². The maximum absolute atomic E-state index is 12.7. The molecule has 0 aliphatic rings. The van der Waals surface area contributed by atoms with E-state index >= 15 is 0 Å². The zero-order valence-electron chi connectivity index (χ0n) is 16.6. The summed E-state index contributed by atoms with van der Waals surface area (Å²) in [5.41, 5.74) is 0.769. The first-order valence-corrected chi connectivity index (χ1v) is 10.7. The molecule has 0 aliphatic carbocycles. The summed E-state index contributed by atoms with van der Waals surface area (Å²) >= 11 is 0. The maximum atomic E-state index is 12.7. The SMILES string of the molecule is CCOc1ccc(NC(=O)[C@@H](C)N(c2cc([N+](=O)[O-])ccc2C)S(C)(=O)=O)cc1. The first-order chi connectivity index (χ1) is 13.5. The summed E-state index contributed by atoms with van der Waals surface area (Å²) in [5.74, 6) is 0.0639. The van der Waals surface area contributed by atoms with Gasteiger partial charge in [0, 0.05) is 17.8 Å². The summed E-state index contributed by atoms with van der Waals surface area (Å²) in [6.07, 6.45) is 0.950. The predicted octanol–water partition coefficient (Wildman–Crippen LogP) is 3.10. The molecule has 0 spiro atoms. The molecule has 0 saturated carbocycles. The fraction of sp³-hybridized carbons (Fsp3) is 0.316. The number of carbonyl (C=O) groups excluding carboxylic acids is 1. The zero-order valence-corrected chi connectivity index (χ0v) is 17.4. The maximum Gasteiger partial charge on any atom is 0.271 e. The van der Waals surface area contributed by atoms with Gasteiger partial charge >= 0.3 is 0 Å². The summed E-state index contributed by atoms with van der Waals surface area (Å²) in [5, 5.41) is 13.8. The van der Waals surface area contributed by atoms with E-state index in [1.807, 2.05) is 6.92 Å². The van der Waals surface area contributed by atoms with E-state index in [2.05, 4.69) is 5.32 Å². The van der Waals surface area contributed by atoms with Crippen molar-refractivity contribution in [2.45, 2.75) is 26.8 Å². The van der Waals surface area contributed by atoms with Crippen molar-refractivity contribution in [3.63, 3.8) is 0 Å². The van der Waals surface area contributed by atoms with Crippen LogP contribution in [0.4, 0.5) is 17.1 Å². The standard InChI is InChI=1S/C19H23N3O6S/c1-5-28-17-10-7-15(8-11-17)20-19(23)14(3)21(29(4,26)27)18-12-16(22(24)25)9-6-13(18)2/h6-12,14H,5H2,1-4H3,(H,20,23)/t14-/m1/s1. The Balaban J connectivity index is 2.34. The lowest BCUT2D eigenvalue weighted by Crippen LogP contribution is -2.45. The average Bonchev–Trinajstić information content (AvgIpc) is 2.63. The molecule has 10 heteroatoms. The largest absolute Gasteiger partial charge is 0.494 e. The Morgan fingerprint density at radius 3 is 2.38 bits per heavy atom. The minimum absolute atomic E-state index is 0.0797. The van der Waals surface area contributed by atoms with Crippen molar-refractivity contribution < 1.29 is 22.9 Å². The van der Waals surface area contributed by atoms with Crippen LogP contribution in [0.3, 0.4) is 0 Å². The Hall–Kier alpha value is -3.14. The Kier molecular flexibility index (Phi) is 6.80. The van der Waals surface area contributed by atoms with Crippen LogP contribution in [-0.4, -0.2) is 38.2 Å². The number of non-ortho nitro benzene ring substituents is 1. The van der Waals surface area contributed by atoms with Crippen LogP contribution >= 0.6 is 0 Å². The highest BCUT2D eigenvalue weighted by Gasteiger charge is 2.31. The van der Waals surface area contributed by atoms with Gasteiger partial charge in [0.15, 0.2) is 0 Å². The van der Waals surface area contributed by atoms with Gasteiger partial charge < -0.3 is 10.1 Å². The van der Waals surface area contributed by atoms with E-state index in [0.29, 0.717) is 23.6 Å². The van der Waals surface area contributed by atoms with Crippen LogP contribution in [0.2, 0.25) is 0 Å². The van der Waals surface area contributed by atoms with E-state index in [9.17, 15) is 23.3 Å². The van der Waals surface area contributed by atoms with Crippen LogP contribution in [0.15, 0.2) is 42.5 Å². The molecular weight excluding hydrogens is 398 g/mol. The number of amides is 1. The number of nitro benzene ring substituents is 1. The van der Waals surface area contributed by atoms with Crippen LogP contribution in [0, 0.1) is 17.0 Å². The minimum atomic E-state index is -3.90. The quantitative estimate of drug-likeness (QED) is 0.517. The normalized spacial score (nSPS) is 12.1. The van der Waals surface area contributed by atoms with E-state index in [1.54, 1.807) is 31.2 Å². The first-order valence-electron chi connectivity index (χ1n) is 8.82.